The Morgan fingerprint density at radius 2 is 2.28 bits per heavy atom. The van der Waals surface area contributed by atoms with Crippen LogP contribution in [0.3, 0.4) is 0 Å². The number of nitrogens with zero attached hydrogens (tertiary/aromatic N) is 2. The molecule has 4 rings (SSSR count). The minimum absolute atomic E-state index is 0.0775. The molecular weight excluding hydrogens is 390 g/mol. The smallest absolute Gasteiger partial charge is 0.358 e. The average Bonchev–Trinajstić information content (AvgIpc) is 3.19. The third-order valence-electron chi connectivity index (χ3n) is 3.68. The van der Waals surface area contributed by atoms with Crippen LogP contribution in [-0.2, 0) is 26.3 Å². The second-order valence-corrected chi connectivity index (χ2v) is 7.95. The number of rotatable bonds is 4. The maximum absolute atomic E-state index is 12.6. The fourth-order valence-electron chi connectivity index (χ4n) is 2.64. The Morgan fingerprint density at radius 1 is 1.48 bits per heavy atom. The first kappa shape index (κ1) is 16.3. The Balaban J connectivity index is 1.69. The second-order valence-electron chi connectivity index (χ2n) is 5.25. The molecular formula is C14H10ClN3O5S2. The van der Waals surface area contributed by atoms with E-state index in [0.717, 1.165) is 0 Å². The molecule has 2 N–H and O–H groups in total. The van der Waals surface area contributed by atoms with Crippen LogP contribution in [0, 0.1) is 0 Å². The molecule has 11 heteroatoms. The van der Waals surface area contributed by atoms with Crippen molar-refractivity contribution in [3.63, 3.8) is 0 Å². The minimum atomic E-state index is -4.20. The van der Waals surface area contributed by atoms with Gasteiger partial charge in [0.2, 0.25) is 5.03 Å². The lowest BCUT2D eigenvalue weighted by Crippen LogP contribution is -2.20. The van der Waals surface area contributed by atoms with Crippen LogP contribution in [0.2, 0.25) is 5.15 Å². The topological polar surface area (TPSA) is 113 Å². The van der Waals surface area contributed by atoms with E-state index in [-0.39, 0.29) is 22.5 Å². The van der Waals surface area contributed by atoms with Crippen molar-refractivity contribution in [2.24, 2.45) is 5.73 Å². The highest BCUT2D eigenvalue weighted by molar-refractivity contribution is 7.87. The number of amides is 1. The number of carbonyl (C=O) groups excluding carboxylic acids is 1. The average molecular weight is 400 g/mol. The maximum Gasteiger partial charge on any atom is 0.358 e. The highest BCUT2D eigenvalue weighted by Gasteiger charge is 2.30. The normalized spacial score (nSPS) is 16.9. The van der Waals surface area contributed by atoms with Gasteiger partial charge in [-0.2, -0.15) is 8.42 Å². The summed E-state index contributed by atoms with van der Waals surface area (Å²) in [6, 6.07) is 4.48. The van der Waals surface area contributed by atoms with E-state index in [1.165, 1.54) is 27.9 Å². The van der Waals surface area contributed by atoms with E-state index >= 15 is 0 Å². The number of ether oxygens (including phenoxy) is 1. The predicted molar refractivity (Wildman–Crippen MR) is 89.1 cm³/mol. The SMILES string of the molecule is NC(=O)C1OCc2cc(OS(=O)(=O)c3c(Cl)nc4sccn34)ccc21. The van der Waals surface area contributed by atoms with Crippen LogP contribution in [-0.4, -0.2) is 23.7 Å². The molecule has 0 saturated heterocycles. The van der Waals surface area contributed by atoms with Crippen LogP contribution in [0.5, 0.6) is 5.75 Å². The molecule has 2 aromatic heterocycles. The third kappa shape index (κ3) is 2.67. The van der Waals surface area contributed by atoms with Gasteiger partial charge in [-0.15, -0.1) is 11.3 Å². The first-order valence-corrected chi connectivity index (χ1v) is 9.62. The van der Waals surface area contributed by atoms with Gasteiger partial charge in [-0.25, -0.2) is 4.98 Å². The molecule has 1 aromatic carbocycles. The van der Waals surface area contributed by atoms with E-state index in [1.54, 1.807) is 17.6 Å². The summed E-state index contributed by atoms with van der Waals surface area (Å²) in [7, 11) is -4.20. The number of carbonyl (C=O) groups is 1. The highest BCUT2D eigenvalue weighted by Crippen LogP contribution is 2.34. The molecule has 0 radical (unpaired) electrons. The van der Waals surface area contributed by atoms with Gasteiger partial charge >= 0.3 is 10.1 Å². The summed E-state index contributed by atoms with van der Waals surface area (Å²) in [4.78, 5) is 15.7. The van der Waals surface area contributed by atoms with Crippen molar-refractivity contribution in [2.45, 2.75) is 17.7 Å². The van der Waals surface area contributed by atoms with Gasteiger partial charge < -0.3 is 14.7 Å². The number of fused-ring (bicyclic) bond motifs is 2. The van der Waals surface area contributed by atoms with E-state index in [1.807, 2.05) is 0 Å². The molecule has 1 aliphatic heterocycles. The second kappa shape index (κ2) is 5.70. The number of hydrogen-bond donors (Lipinski definition) is 1. The zero-order valence-corrected chi connectivity index (χ0v) is 14.8. The van der Waals surface area contributed by atoms with Crippen LogP contribution >= 0.6 is 22.9 Å². The molecule has 1 unspecified atom stereocenters. The summed E-state index contributed by atoms with van der Waals surface area (Å²) in [5.74, 6) is -0.528. The number of primary amides is 1. The molecule has 8 nitrogen and oxygen atoms in total. The number of aromatic nitrogens is 2. The van der Waals surface area contributed by atoms with Crippen LogP contribution in [0.4, 0.5) is 0 Å². The van der Waals surface area contributed by atoms with Crippen molar-refractivity contribution >= 4 is 43.9 Å². The van der Waals surface area contributed by atoms with Gasteiger partial charge in [0.25, 0.3) is 5.91 Å². The molecule has 3 heterocycles. The van der Waals surface area contributed by atoms with E-state index in [2.05, 4.69) is 4.98 Å². The van der Waals surface area contributed by atoms with Crippen molar-refractivity contribution in [3.8, 4) is 5.75 Å². The number of halogens is 1. The quantitative estimate of drug-likeness (QED) is 0.670. The van der Waals surface area contributed by atoms with Gasteiger partial charge in [0.05, 0.1) is 6.61 Å². The van der Waals surface area contributed by atoms with Crippen molar-refractivity contribution < 1.29 is 22.1 Å². The summed E-state index contributed by atoms with van der Waals surface area (Å²) in [5, 5.41) is 1.29. The van der Waals surface area contributed by atoms with Crippen molar-refractivity contribution in [2.75, 3.05) is 0 Å². The summed E-state index contributed by atoms with van der Waals surface area (Å²) in [5.41, 5.74) is 6.49. The highest BCUT2D eigenvalue weighted by atomic mass is 35.5. The molecule has 0 bridgehead atoms. The standard InChI is InChI=1S/C14H10ClN3O5S2/c15-11-13(18-3-4-24-14(18)17-11)25(20,21)23-8-1-2-9-7(5-8)6-22-10(9)12(16)19/h1-5,10H,6H2,(H2,16,19). The lowest BCUT2D eigenvalue weighted by atomic mass is 10.1. The largest absolute Gasteiger partial charge is 0.378 e. The Hall–Kier alpha value is -2.14. The van der Waals surface area contributed by atoms with Gasteiger partial charge in [-0.3, -0.25) is 9.20 Å². The summed E-state index contributed by atoms with van der Waals surface area (Å²) < 4.78 is 37.0. The first-order valence-electron chi connectivity index (χ1n) is 6.96. The van der Waals surface area contributed by atoms with Gasteiger partial charge in [0.1, 0.15) is 5.75 Å². The zero-order chi connectivity index (χ0) is 17.8. The molecule has 0 fully saturated rings. The van der Waals surface area contributed by atoms with E-state index in [4.69, 9.17) is 26.3 Å². The molecule has 0 aliphatic carbocycles. The molecule has 25 heavy (non-hydrogen) atoms. The van der Waals surface area contributed by atoms with Crippen molar-refractivity contribution in [1.29, 1.82) is 0 Å². The molecule has 0 saturated carbocycles. The fourth-order valence-corrected chi connectivity index (χ4v) is 4.99. The predicted octanol–water partition coefficient (Wildman–Crippen LogP) is 1.87. The summed E-state index contributed by atoms with van der Waals surface area (Å²) in [6.07, 6.45) is 0.707. The molecule has 3 aromatic rings. The van der Waals surface area contributed by atoms with E-state index in [0.29, 0.717) is 16.1 Å². The lowest BCUT2D eigenvalue weighted by Gasteiger charge is -2.09. The number of benzene rings is 1. The zero-order valence-electron chi connectivity index (χ0n) is 12.4. The van der Waals surface area contributed by atoms with Crippen molar-refractivity contribution in [1.82, 2.24) is 9.38 Å². The maximum atomic E-state index is 12.6. The molecule has 1 aliphatic rings. The monoisotopic (exact) mass is 399 g/mol. The Morgan fingerprint density at radius 3 is 3.04 bits per heavy atom. The Labute approximate surface area is 150 Å². The Bertz CT molecular complexity index is 1110. The lowest BCUT2D eigenvalue weighted by molar-refractivity contribution is -0.129. The summed E-state index contributed by atoms with van der Waals surface area (Å²) in [6.45, 7) is 0.141. The van der Waals surface area contributed by atoms with E-state index in [9.17, 15) is 13.2 Å². The number of imidazole rings is 1. The number of thiazole rings is 1. The fraction of sp³-hybridized carbons (Fsp3) is 0.143. The van der Waals surface area contributed by atoms with E-state index < -0.39 is 22.1 Å². The number of hydrogen-bond acceptors (Lipinski definition) is 7. The van der Waals surface area contributed by atoms with Gasteiger partial charge in [-0.1, -0.05) is 17.7 Å². The van der Waals surface area contributed by atoms with Gasteiger partial charge in [-0.05, 0) is 23.3 Å². The summed E-state index contributed by atoms with van der Waals surface area (Å²) >= 11 is 7.20. The van der Waals surface area contributed by atoms with Crippen LogP contribution in [0.25, 0.3) is 4.96 Å². The Kier molecular flexibility index (Phi) is 3.72. The molecule has 130 valence electrons. The van der Waals surface area contributed by atoms with Crippen molar-refractivity contribution in [3.05, 3.63) is 46.1 Å². The van der Waals surface area contributed by atoms with Crippen LogP contribution in [0.15, 0.2) is 34.8 Å². The molecule has 1 amide bonds. The van der Waals surface area contributed by atoms with Gasteiger partial charge in [0, 0.05) is 11.6 Å². The van der Waals surface area contributed by atoms with Gasteiger partial charge in [0.15, 0.2) is 16.2 Å². The molecule has 1 atom stereocenters. The number of nitrogens with two attached hydrogens (primary N) is 1. The van der Waals surface area contributed by atoms with Crippen LogP contribution in [0.1, 0.15) is 17.2 Å². The van der Waals surface area contributed by atoms with Crippen LogP contribution < -0.4 is 9.92 Å². The molecule has 0 spiro atoms. The first-order chi connectivity index (χ1) is 11.9. The minimum Gasteiger partial charge on any atom is -0.378 e. The third-order valence-corrected chi connectivity index (χ3v) is 6.09.